The van der Waals surface area contributed by atoms with Gasteiger partial charge in [0.1, 0.15) is 0 Å². The number of hydrogen-bond acceptors (Lipinski definition) is 2. The number of halogens is 1. The Morgan fingerprint density at radius 1 is 1.28 bits per heavy atom. The maximum Gasteiger partial charge on any atom is 0.0346 e. The van der Waals surface area contributed by atoms with Crippen molar-refractivity contribution >= 4 is 21.5 Å². The van der Waals surface area contributed by atoms with E-state index in [4.69, 9.17) is 0 Å². The molecule has 0 bridgehead atoms. The highest BCUT2D eigenvalue weighted by atomic mass is 79.9. The molecule has 2 nitrogen and oxygen atoms in total. The number of pyridine rings is 1. The molecule has 0 saturated heterocycles. The molecule has 0 radical (unpaired) electrons. The molecule has 0 atom stereocenters. The van der Waals surface area contributed by atoms with Crippen molar-refractivity contribution in [1.29, 1.82) is 0 Å². The number of nitrogens with zero attached hydrogens (tertiary/aromatic N) is 1. The van der Waals surface area contributed by atoms with Gasteiger partial charge in [-0.1, -0.05) is 46.3 Å². The Kier molecular flexibility index (Phi) is 4.67. The second-order valence-electron chi connectivity index (χ2n) is 3.90. The van der Waals surface area contributed by atoms with Crippen LogP contribution in [-0.2, 0) is 0 Å². The van der Waals surface area contributed by atoms with Gasteiger partial charge in [0.2, 0.25) is 0 Å². The summed E-state index contributed by atoms with van der Waals surface area (Å²) >= 11 is 3.60. The third-order valence-electron chi connectivity index (χ3n) is 2.65. The average Bonchev–Trinajstić information content (AvgIpc) is 2.42. The van der Waals surface area contributed by atoms with E-state index in [1.807, 2.05) is 31.4 Å². The number of rotatable bonds is 4. The third-order valence-corrected chi connectivity index (χ3v) is 3.34. The summed E-state index contributed by atoms with van der Waals surface area (Å²) < 4.78 is 1.09. The lowest BCUT2D eigenvalue weighted by molar-refractivity contribution is 0.920. The summed E-state index contributed by atoms with van der Waals surface area (Å²) in [7, 11) is 1.94. The van der Waals surface area contributed by atoms with Crippen LogP contribution in [0.4, 0.5) is 0 Å². The van der Waals surface area contributed by atoms with Gasteiger partial charge in [-0.25, -0.2) is 0 Å². The van der Waals surface area contributed by atoms with Gasteiger partial charge in [-0.05, 0) is 30.3 Å². The molecule has 0 aliphatic heterocycles. The molecule has 3 heteroatoms. The summed E-state index contributed by atoms with van der Waals surface area (Å²) in [6.45, 7) is 0.825. The smallest absolute Gasteiger partial charge is 0.0346 e. The lowest BCUT2D eigenvalue weighted by Crippen LogP contribution is -2.05. The van der Waals surface area contributed by atoms with E-state index in [1.54, 1.807) is 6.20 Å². The molecule has 0 amide bonds. The topological polar surface area (TPSA) is 24.9 Å². The van der Waals surface area contributed by atoms with E-state index < -0.39 is 0 Å². The Bertz CT molecular complexity index is 535. The van der Waals surface area contributed by atoms with Crippen LogP contribution in [0.3, 0.4) is 0 Å². The Morgan fingerprint density at radius 2 is 2.11 bits per heavy atom. The highest BCUT2D eigenvalue weighted by molar-refractivity contribution is 9.10. The lowest BCUT2D eigenvalue weighted by atomic mass is 9.99. The number of benzene rings is 1. The van der Waals surface area contributed by atoms with Gasteiger partial charge in [0.15, 0.2) is 0 Å². The zero-order chi connectivity index (χ0) is 12.8. The molecule has 1 heterocycles. The van der Waals surface area contributed by atoms with E-state index in [9.17, 15) is 0 Å². The maximum absolute atomic E-state index is 4.19. The zero-order valence-electron chi connectivity index (χ0n) is 10.2. The molecule has 2 rings (SSSR count). The molecule has 0 unspecified atom stereocenters. The SMILES string of the molecule is CNC/C=C(/c1cccnc1)c1ccccc1Br. The van der Waals surface area contributed by atoms with Crippen molar-refractivity contribution in [3.05, 3.63) is 70.5 Å². The zero-order valence-corrected chi connectivity index (χ0v) is 11.8. The summed E-state index contributed by atoms with van der Waals surface area (Å²) in [6.07, 6.45) is 5.86. The van der Waals surface area contributed by atoms with Crippen LogP contribution in [0.5, 0.6) is 0 Å². The van der Waals surface area contributed by atoms with Gasteiger partial charge in [0.05, 0.1) is 0 Å². The van der Waals surface area contributed by atoms with Crippen LogP contribution in [0, 0.1) is 0 Å². The van der Waals surface area contributed by atoms with E-state index in [1.165, 1.54) is 11.1 Å². The quantitative estimate of drug-likeness (QED) is 0.935. The van der Waals surface area contributed by atoms with Gasteiger partial charge in [-0.3, -0.25) is 4.98 Å². The second kappa shape index (κ2) is 6.47. The fraction of sp³-hybridized carbons (Fsp3) is 0.133. The van der Waals surface area contributed by atoms with Crippen molar-refractivity contribution in [3.8, 4) is 0 Å². The van der Waals surface area contributed by atoms with Gasteiger partial charge in [-0.2, -0.15) is 0 Å². The van der Waals surface area contributed by atoms with Gasteiger partial charge in [0, 0.05) is 29.0 Å². The van der Waals surface area contributed by atoms with E-state index >= 15 is 0 Å². The highest BCUT2D eigenvalue weighted by Crippen LogP contribution is 2.28. The Balaban J connectivity index is 2.48. The molecule has 92 valence electrons. The van der Waals surface area contributed by atoms with Gasteiger partial charge >= 0.3 is 0 Å². The standard InChI is InChI=1S/C15H15BrN2/c1-17-10-8-13(12-5-4-9-18-11-12)14-6-2-3-7-15(14)16/h2-9,11,17H,10H2,1H3/b13-8-. The minimum atomic E-state index is 0.825. The number of aromatic nitrogens is 1. The minimum absolute atomic E-state index is 0.825. The van der Waals surface area contributed by atoms with Gasteiger partial charge in [-0.15, -0.1) is 0 Å². The van der Waals surface area contributed by atoms with E-state index in [-0.39, 0.29) is 0 Å². The second-order valence-corrected chi connectivity index (χ2v) is 4.75. The van der Waals surface area contributed by atoms with Crippen LogP contribution in [0.1, 0.15) is 11.1 Å². The summed E-state index contributed by atoms with van der Waals surface area (Å²) in [5, 5.41) is 3.15. The predicted octanol–water partition coefficient (Wildman–Crippen LogP) is 3.50. The summed E-state index contributed by atoms with van der Waals surface area (Å²) in [6, 6.07) is 12.3. The van der Waals surface area contributed by atoms with E-state index in [2.05, 4.69) is 50.5 Å². The van der Waals surface area contributed by atoms with Crippen molar-refractivity contribution in [2.45, 2.75) is 0 Å². The van der Waals surface area contributed by atoms with Crippen LogP contribution in [-0.4, -0.2) is 18.6 Å². The largest absolute Gasteiger partial charge is 0.316 e. The molecule has 18 heavy (non-hydrogen) atoms. The normalized spacial score (nSPS) is 11.6. The van der Waals surface area contributed by atoms with Gasteiger partial charge in [0.25, 0.3) is 0 Å². The van der Waals surface area contributed by atoms with Crippen LogP contribution in [0.15, 0.2) is 59.3 Å². The van der Waals surface area contributed by atoms with Crippen molar-refractivity contribution in [2.75, 3.05) is 13.6 Å². The first-order valence-electron chi connectivity index (χ1n) is 5.83. The van der Waals surface area contributed by atoms with Crippen LogP contribution in [0.25, 0.3) is 5.57 Å². The van der Waals surface area contributed by atoms with E-state index in [0.29, 0.717) is 0 Å². The maximum atomic E-state index is 4.19. The van der Waals surface area contributed by atoms with Gasteiger partial charge < -0.3 is 5.32 Å². The number of hydrogen-bond donors (Lipinski definition) is 1. The first kappa shape index (κ1) is 13.0. The first-order chi connectivity index (χ1) is 8.83. The molecule has 0 spiro atoms. The van der Waals surface area contributed by atoms with Crippen molar-refractivity contribution in [1.82, 2.24) is 10.3 Å². The lowest BCUT2D eigenvalue weighted by Gasteiger charge is -2.10. The molecule has 1 aromatic carbocycles. The minimum Gasteiger partial charge on any atom is -0.316 e. The van der Waals surface area contributed by atoms with Crippen molar-refractivity contribution < 1.29 is 0 Å². The molecule has 1 N–H and O–H groups in total. The number of nitrogens with one attached hydrogen (secondary N) is 1. The van der Waals surface area contributed by atoms with Crippen molar-refractivity contribution in [2.24, 2.45) is 0 Å². The first-order valence-corrected chi connectivity index (χ1v) is 6.62. The fourth-order valence-corrected chi connectivity index (χ4v) is 2.29. The predicted molar refractivity (Wildman–Crippen MR) is 79.4 cm³/mol. The van der Waals surface area contributed by atoms with Crippen LogP contribution >= 0.6 is 15.9 Å². The van der Waals surface area contributed by atoms with E-state index in [0.717, 1.165) is 16.6 Å². The molecular formula is C15H15BrN2. The van der Waals surface area contributed by atoms with Crippen molar-refractivity contribution in [3.63, 3.8) is 0 Å². The molecule has 0 saturated carbocycles. The highest BCUT2D eigenvalue weighted by Gasteiger charge is 2.07. The summed E-state index contributed by atoms with van der Waals surface area (Å²) in [5.41, 5.74) is 3.49. The molecular weight excluding hydrogens is 288 g/mol. The van der Waals surface area contributed by atoms with Crippen LogP contribution < -0.4 is 5.32 Å². The molecule has 2 aromatic rings. The monoisotopic (exact) mass is 302 g/mol. The third kappa shape index (κ3) is 3.06. The summed E-state index contributed by atoms with van der Waals surface area (Å²) in [5.74, 6) is 0. The average molecular weight is 303 g/mol. The van der Waals surface area contributed by atoms with Crippen LogP contribution in [0.2, 0.25) is 0 Å². The summed E-state index contributed by atoms with van der Waals surface area (Å²) in [4.78, 5) is 4.19. The molecule has 0 fully saturated rings. The number of likely N-dealkylation sites (N-methyl/N-ethyl adjacent to an activating group) is 1. The Morgan fingerprint density at radius 3 is 2.78 bits per heavy atom. The molecule has 0 aliphatic carbocycles. The Labute approximate surface area is 116 Å². The molecule has 0 aliphatic rings. The molecule has 1 aromatic heterocycles. The fourth-order valence-electron chi connectivity index (χ4n) is 1.79. The Hall–Kier alpha value is -1.45.